The van der Waals surface area contributed by atoms with Crippen molar-refractivity contribution in [3.05, 3.63) is 47.7 Å². The van der Waals surface area contributed by atoms with Crippen molar-refractivity contribution in [3.63, 3.8) is 0 Å². The molecule has 0 spiro atoms. The maximum Gasteiger partial charge on any atom is 0.329 e. The number of carbonyl (C=O) groups is 1. The number of aromatic nitrogens is 1. The Morgan fingerprint density at radius 1 is 1.38 bits per heavy atom. The van der Waals surface area contributed by atoms with Crippen LogP contribution in [-0.4, -0.2) is 47.3 Å². The van der Waals surface area contributed by atoms with Crippen LogP contribution in [0.5, 0.6) is 0 Å². The van der Waals surface area contributed by atoms with Crippen molar-refractivity contribution in [1.29, 1.82) is 0 Å². The van der Waals surface area contributed by atoms with Gasteiger partial charge in [0.25, 0.3) is 0 Å². The minimum absolute atomic E-state index is 0.158. The lowest BCUT2D eigenvalue weighted by Gasteiger charge is -2.48. The average molecular weight is 354 g/mol. The van der Waals surface area contributed by atoms with E-state index in [2.05, 4.69) is 40.7 Å². The topological polar surface area (TPSA) is 54.7 Å². The van der Waals surface area contributed by atoms with Crippen LogP contribution in [0.15, 0.2) is 42.0 Å². The number of benzene rings is 1. The fraction of sp³-hybridized carbons (Fsp3) is 0.476. The van der Waals surface area contributed by atoms with Gasteiger partial charge >= 0.3 is 5.97 Å². The number of ether oxygens (including phenoxy) is 1. The third-order valence-electron chi connectivity index (χ3n) is 5.98. The molecule has 1 N–H and O–H groups in total. The molecule has 3 atom stereocenters. The van der Waals surface area contributed by atoms with Crippen molar-refractivity contribution < 1.29 is 14.6 Å². The van der Waals surface area contributed by atoms with Gasteiger partial charge in [0.1, 0.15) is 6.04 Å². The number of piperidine rings is 1. The van der Waals surface area contributed by atoms with Crippen molar-refractivity contribution >= 4 is 16.9 Å². The smallest absolute Gasteiger partial charge is 0.329 e. The molecule has 0 aliphatic carbocycles. The van der Waals surface area contributed by atoms with Gasteiger partial charge in [0.2, 0.25) is 0 Å². The highest BCUT2D eigenvalue weighted by atomic mass is 16.5. The number of aliphatic hydroxyl groups is 1. The second-order valence-corrected chi connectivity index (χ2v) is 7.24. The molecule has 4 rings (SSSR count). The first-order valence-electron chi connectivity index (χ1n) is 9.37. The van der Waals surface area contributed by atoms with Gasteiger partial charge in [-0.2, -0.15) is 0 Å². The number of aliphatic hydroxyl groups excluding tert-OH is 1. The van der Waals surface area contributed by atoms with Gasteiger partial charge < -0.3 is 14.4 Å². The molecular weight excluding hydrogens is 328 g/mol. The van der Waals surface area contributed by atoms with E-state index in [1.807, 2.05) is 12.1 Å². The second kappa shape index (κ2) is 6.89. The number of para-hydroxylation sites is 1. The van der Waals surface area contributed by atoms with Crippen LogP contribution in [0, 0.1) is 5.92 Å². The van der Waals surface area contributed by atoms with Crippen molar-refractivity contribution in [3.8, 4) is 0 Å². The Balaban J connectivity index is 1.90. The van der Waals surface area contributed by atoms with E-state index in [1.165, 1.54) is 18.4 Å². The summed E-state index contributed by atoms with van der Waals surface area (Å²) in [5.41, 5.74) is 3.57. The highest BCUT2D eigenvalue weighted by Crippen LogP contribution is 2.49. The van der Waals surface area contributed by atoms with Crippen LogP contribution < -0.4 is 0 Å². The van der Waals surface area contributed by atoms with Gasteiger partial charge in [-0.1, -0.05) is 29.8 Å². The van der Waals surface area contributed by atoms with Crippen LogP contribution in [0.4, 0.5) is 0 Å². The van der Waals surface area contributed by atoms with Gasteiger partial charge in [-0.3, -0.25) is 4.90 Å². The number of nitrogens with zero attached hydrogens (tertiary/aromatic N) is 2. The summed E-state index contributed by atoms with van der Waals surface area (Å²) in [4.78, 5) is 15.2. The minimum atomic E-state index is -0.308. The first-order valence-corrected chi connectivity index (χ1v) is 9.37. The van der Waals surface area contributed by atoms with E-state index >= 15 is 0 Å². The molecule has 26 heavy (non-hydrogen) atoms. The van der Waals surface area contributed by atoms with E-state index in [0.29, 0.717) is 0 Å². The normalized spacial score (nSPS) is 26.9. The predicted molar refractivity (Wildman–Crippen MR) is 101 cm³/mol. The summed E-state index contributed by atoms with van der Waals surface area (Å²) in [5, 5.41) is 10.5. The zero-order valence-corrected chi connectivity index (χ0v) is 15.4. The van der Waals surface area contributed by atoms with Gasteiger partial charge in [0, 0.05) is 36.8 Å². The lowest BCUT2D eigenvalue weighted by molar-refractivity contribution is -0.147. The van der Waals surface area contributed by atoms with Crippen LogP contribution >= 0.6 is 0 Å². The molecule has 138 valence electrons. The molecule has 5 nitrogen and oxygen atoms in total. The number of methoxy groups -OCH3 is 1. The molecule has 2 bridgehead atoms. The van der Waals surface area contributed by atoms with Gasteiger partial charge in [0.05, 0.1) is 13.2 Å². The Bertz CT molecular complexity index is 854. The summed E-state index contributed by atoms with van der Waals surface area (Å²) >= 11 is 0. The monoisotopic (exact) mass is 354 g/mol. The molecule has 1 aromatic heterocycles. The van der Waals surface area contributed by atoms with E-state index in [0.717, 1.165) is 36.8 Å². The second-order valence-electron chi connectivity index (χ2n) is 7.24. The molecule has 1 saturated heterocycles. The SMILES string of the molecule is C/C=C1/CN(CCCO)[C@H]2C[C@@H]1[C@H](C(=O)OC)n1c2cc2ccccc21. The molecular formula is C21H26N2O3. The third-order valence-corrected chi connectivity index (χ3v) is 5.98. The fourth-order valence-corrected chi connectivity index (χ4v) is 4.79. The number of fused-ring (bicyclic) bond motifs is 6. The summed E-state index contributed by atoms with van der Waals surface area (Å²) in [6, 6.07) is 10.4. The Kier molecular flexibility index (Phi) is 4.59. The zero-order valence-electron chi connectivity index (χ0n) is 15.4. The van der Waals surface area contributed by atoms with E-state index in [9.17, 15) is 9.90 Å². The maximum absolute atomic E-state index is 12.8. The van der Waals surface area contributed by atoms with Crippen LogP contribution in [0.25, 0.3) is 10.9 Å². The Labute approximate surface area is 153 Å². The van der Waals surface area contributed by atoms with Crippen molar-refractivity contribution in [2.24, 2.45) is 5.92 Å². The van der Waals surface area contributed by atoms with Crippen molar-refractivity contribution in [2.45, 2.75) is 31.8 Å². The van der Waals surface area contributed by atoms with E-state index in [-0.39, 0.29) is 30.6 Å². The van der Waals surface area contributed by atoms with E-state index in [1.54, 1.807) is 0 Å². The first kappa shape index (κ1) is 17.3. The van der Waals surface area contributed by atoms with Gasteiger partial charge in [-0.15, -0.1) is 0 Å². The number of carbonyl (C=O) groups excluding carboxylic acids is 1. The Morgan fingerprint density at radius 2 is 2.19 bits per heavy atom. The van der Waals surface area contributed by atoms with Crippen LogP contribution in [0.1, 0.15) is 37.5 Å². The summed E-state index contributed by atoms with van der Waals surface area (Å²) in [6.45, 7) is 3.96. The summed E-state index contributed by atoms with van der Waals surface area (Å²) in [7, 11) is 1.48. The van der Waals surface area contributed by atoms with Gasteiger partial charge in [-0.05, 0) is 37.3 Å². The molecule has 5 heteroatoms. The summed E-state index contributed by atoms with van der Waals surface area (Å²) < 4.78 is 7.41. The molecule has 0 amide bonds. The summed E-state index contributed by atoms with van der Waals surface area (Å²) in [5.74, 6) is -0.00894. The van der Waals surface area contributed by atoms with Crippen LogP contribution in [0.3, 0.4) is 0 Å². The molecule has 0 unspecified atom stereocenters. The summed E-state index contributed by atoms with van der Waals surface area (Å²) in [6.07, 6.45) is 3.83. The quantitative estimate of drug-likeness (QED) is 0.677. The Hall–Kier alpha value is -2.11. The highest BCUT2D eigenvalue weighted by Gasteiger charge is 2.46. The first-order chi connectivity index (χ1) is 12.7. The van der Waals surface area contributed by atoms with Crippen molar-refractivity contribution in [1.82, 2.24) is 9.47 Å². The largest absolute Gasteiger partial charge is 0.467 e. The Morgan fingerprint density at radius 3 is 2.92 bits per heavy atom. The van der Waals surface area contributed by atoms with Crippen molar-refractivity contribution in [2.75, 3.05) is 26.8 Å². The number of rotatable bonds is 4. The average Bonchev–Trinajstić information content (AvgIpc) is 3.06. The van der Waals surface area contributed by atoms with E-state index in [4.69, 9.17) is 4.74 Å². The molecule has 1 fully saturated rings. The number of likely N-dealkylation sites (tertiary alicyclic amines) is 1. The van der Waals surface area contributed by atoms with Gasteiger partial charge in [-0.25, -0.2) is 4.79 Å². The molecule has 0 radical (unpaired) electrons. The van der Waals surface area contributed by atoms with Gasteiger partial charge in [0.15, 0.2) is 0 Å². The molecule has 2 aromatic rings. The predicted octanol–water partition coefficient (Wildman–Crippen LogP) is 3.06. The standard InChI is InChI=1S/C21H26N2O3/c1-3-14-13-22(9-6-10-24)18-12-16(14)20(21(25)26-2)23-17-8-5-4-7-15(17)11-19(18)23/h3-5,7-8,11,16,18,20,24H,6,9-10,12-13H2,1-2H3/b14-3-/t16-,18-,20+/m0/s1. The third kappa shape index (κ3) is 2.58. The fourth-order valence-electron chi connectivity index (χ4n) is 4.79. The van der Waals surface area contributed by atoms with Crippen LogP contribution in [0.2, 0.25) is 0 Å². The minimum Gasteiger partial charge on any atom is -0.467 e. The van der Waals surface area contributed by atoms with E-state index < -0.39 is 0 Å². The maximum atomic E-state index is 12.8. The lowest BCUT2D eigenvalue weighted by atomic mass is 9.77. The zero-order chi connectivity index (χ0) is 18.3. The number of hydrogen-bond donors (Lipinski definition) is 1. The molecule has 2 aliphatic heterocycles. The number of hydrogen-bond acceptors (Lipinski definition) is 4. The molecule has 1 aromatic carbocycles. The highest BCUT2D eigenvalue weighted by molar-refractivity contribution is 5.85. The molecule has 2 aliphatic rings. The molecule has 3 heterocycles. The number of esters is 1. The van der Waals surface area contributed by atoms with Crippen LogP contribution in [-0.2, 0) is 9.53 Å². The molecule has 0 saturated carbocycles. The lowest BCUT2D eigenvalue weighted by Crippen LogP contribution is -2.48. The number of allylic oxidation sites excluding steroid dienone is 1.